The number of nitrogens with two attached hydrogens (primary N) is 1. The predicted octanol–water partition coefficient (Wildman–Crippen LogP) is 2.04. The van der Waals surface area contributed by atoms with Gasteiger partial charge < -0.3 is 0 Å². The molecule has 0 saturated heterocycles. The van der Waals surface area contributed by atoms with Gasteiger partial charge in [-0.3, -0.25) is 5.84 Å². The molecule has 2 N–H and O–H groups in total. The molecule has 4 saturated carbocycles. The van der Waals surface area contributed by atoms with Gasteiger partial charge in [-0.1, -0.05) is 0 Å². The standard InChI is InChI=1S/C11H20N2.ClH/c1-13(12)11-9-3-7-2-8(5-9)6-10(11)4-7;/h7-11H,2-6,12H2,1H3;1H. The summed E-state index contributed by atoms with van der Waals surface area (Å²) in [5.74, 6) is 9.96. The Hall–Kier alpha value is 0.210. The van der Waals surface area contributed by atoms with E-state index in [4.69, 9.17) is 5.84 Å². The molecule has 4 bridgehead atoms. The van der Waals surface area contributed by atoms with Gasteiger partial charge in [-0.15, -0.1) is 12.4 Å². The second-order valence-corrected chi connectivity index (χ2v) is 5.59. The maximum atomic E-state index is 5.95. The average molecular weight is 217 g/mol. The summed E-state index contributed by atoms with van der Waals surface area (Å²) < 4.78 is 0. The van der Waals surface area contributed by atoms with Gasteiger partial charge in [0.1, 0.15) is 0 Å². The monoisotopic (exact) mass is 216 g/mol. The fourth-order valence-corrected chi connectivity index (χ4v) is 4.56. The van der Waals surface area contributed by atoms with E-state index in [2.05, 4.69) is 7.05 Å². The van der Waals surface area contributed by atoms with Crippen molar-refractivity contribution in [2.24, 2.45) is 29.5 Å². The molecule has 4 aliphatic rings. The first-order chi connectivity index (χ1) is 6.24. The molecular formula is C11H21ClN2. The first-order valence-electron chi connectivity index (χ1n) is 5.71. The van der Waals surface area contributed by atoms with Crippen LogP contribution in [0.1, 0.15) is 32.1 Å². The van der Waals surface area contributed by atoms with Crippen LogP contribution < -0.4 is 5.84 Å². The van der Waals surface area contributed by atoms with Crippen LogP contribution in [0.2, 0.25) is 0 Å². The van der Waals surface area contributed by atoms with Crippen LogP contribution in [0.3, 0.4) is 0 Å². The van der Waals surface area contributed by atoms with E-state index in [1.165, 1.54) is 32.1 Å². The molecule has 0 radical (unpaired) electrons. The van der Waals surface area contributed by atoms with Crippen LogP contribution in [0.5, 0.6) is 0 Å². The second kappa shape index (κ2) is 3.66. The van der Waals surface area contributed by atoms with Gasteiger partial charge in [-0.2, -0.15) is 0 Å². The van der Waals surface area contributed by atoms with Crippen molar-refractivity contribution >= 4 is 12.4 Å². The normalized spacial score (nSPS) is 49.5. The maximum Gasteiger partial charge on any atom is 0.0294 e. The lowest BCUT2D eigenvalue weighted by Gasteiger charge is -2.55. The zero-order chi connectivity index (χ0) is 9.00. The molecule has 0 atom stereocenters. The molecule has 82 valence electrons. The highest BCUT2D eigenvalue weighted by Gasteiger charge is 2.48. The molecule has 0 aromatic heterocycles. The first kappa shape index (κ1) is 10.7. The minimum absolute atomic E-state index is 0. The zero-order valence-electron chi connectivity index (χ0n) is 8.86. The van der Waals surface area contributed by atoms with Crippen LogP contribution >= 0.6 is 12.4 Å². The lowest BCUT2D eigenvalue weighted by atomic mass is 9.54. The fraction of sp³-hybridized carbons (Fsp3) is 1.00. The largest absolute Gasteiger partial charge is 0.269 e. The number of nitrogens with zero attached hydrogens (tertiary/aromatic N) is 1. The highest BCUT2D eigenvalue weighted by Crippen LogP contribution is 2.54. The quantitative estimate of drug-likeness (QED) is 0.537. The van der Waals surface area contributed by atoms with Crippen LogP contribution in [0.25, 0.3) is 0 Å². The Morgan fingerprint density at radius 3 is 1.71 bits per heavy atom. The van der Waals surface area contributed by atoms with E-state index in [0.29, 0.717) is 6.04 Å². The molecule has 0 amide bonds. The molecule has 4 rings (SSSR count). The van der Waals surface area contributed by atoms with Gasteiger partial charge in [0.25, 0.3) is 0 Å². The Morgan fingerprint density at radius 1 is 0.929 bits per heavy atom. The van der Waals surface area contributed by atoms with Crippen molar-refractivity contribution in [3.05, 3.63) is 0 Å². The third kappa shape index (κ3) is 1.48. The van der Waals surface area contributed by atoms with Crippen molar-refractivity contribution < 1.29 is 0 Å². The Bertz CT molecular complexity index is 189. The van der Waals surface area contributed by atoms with Gasteiger partial charge in [0.05, 0.1) is 0 Å². The molecule has 4 fully saturated rings. The van der Waals surface area contributed by atoms with E-state index in [0.717, 1.165) is 23.7 Å². The lowest BCUT2D eigenvalue weighted by Crippen LogP contribution is -2.56. The molecule has 0 spiro atoms. The van der Waals surface area contributed by atoms with Crippen LogP contribution in [0.15, 0.2) is 0 Å². The lowest BCUT2D eigenvalue weighted by molar-refractivity contribution is -0.0578. The maximum absolute atomic E-state index is 5.95. The molecule has 0 aromatic rings. The molecule has 14 heavy (non-hydrogen) atoms. The smallest absolute Gasteiger partial charge is 0.0294 e. The van der Waals surface area contributed by atoms with Gasteiger partial charge in [-0.05, 0) is 55.8 Å². The van der Waals surface area contributed by atoms with Gasteiger partial charge in [0.15, 0.2) is 0 Å². The number of hydrazine groups is 1. The number of halogens is 1. The van der Waals surface area contributed by atoms with E-state index in [1.807, 2.05) is 5.01 Å². The molecule has 4 aliphatic carbocycles. The van der Waals surface area contributed by atoms with Gasteiger partial charge >= 0.3 is 0 Å². The Kier molecular flexibility index (Phi) is 2.80. The van der Waals surface area contributed by atoms with E-state index >= 15 is 0 Å². The summed E-state index contributed by atoms with van der Waals surface area (Å²) in [5, 5.41) is 2.01. The third-order valence-electron chi connectivity index (χ3n) is 4.65. The van der Waals surface area contributed by atoms with Crippen molar-refractivity contribution in [3.63, 3.8) is 0 Å². The highest BCUT2D eigenvalue weighted by atomic mass is 35.5. The molecule has 0 aromatic carbocycles. The van der Waals surface area contributed by atoms with Crippen molar-refractivity contribution in [1.29, 1.82) is 0 Å². The van der Waals surface area contributed by atoms with Crippen LogP contribution in [-0.2, 0) is 0 Å². The summed E-state index contributed by atoms with van der Waals surface area (Å²) in [4.78, 5) is 0. The average Bonchev–Trinajstić information content (AvgIpc) is 2.00. The van der Waals surface area contributed by atoms with Gasteiger partial charge in [-0.25, -0.2) is 5.01 Å². The summed E-state index contributed by atoms with van der Waals surface area (Å²) in [7, 11) is 2.06. The summed E-state index contributed by atoms with van der Waals surface area (Å²) in [5.41, 5.74) is 0. The van der Waals surface area contributed by atoms with E-state index in [1.54, 1.807) is 0 Å². The topological polar surface area (TPSA) is 29.3 Å². The zero-order valence-corrected chi connectivity index (χ0v) is 9.67. The fourth-order valence-electron chi connectivity index (χ4n) is 4.56. The molecule has 0 unspecified atom stereocenters. The second-order valence-electron chi connectivity index (χ2n) is 5.59. The van der Waals surface area contributed by atoms with Crippen LogP contribution in [-0.4, -0.2) is 18.1 Å². The SMILES string of the molecule is CN(N)C1C2CC3CC(C2)CC1C3.Cl. The minimum Gasteiger partial charge on any atom is -0.269 e. The molecular weight excluding hydrogens is 196 g/mol. The number of hydrogen-bond donors (Lipinski definition) is 1. The molecule has 0 heterocycles. The van der Waals surface area contributed by atoms with Crippen molar-refractivity contribution in [1.82, 2.24) is 5.01 Å². The summed E-state index contributed by atoms with van der Waals surface area (Å²) in [6.07, 6.45) is 7.42. The third-order valence-corrected chi connectivity index (χ3v) is 4.65. The highest BCUT2D eigenvalue weighted by molar-refractivity contribution is 5.85. The summed E-state index contributed by atoms with van der Waals surface area (Å²) in [6, 6.07) is 0.716. The van der Waals surface area contributed by atoms with Crippen molar-refractivity contribution in [3.8, 4) is 0 Å². The van der Waals surface area contributed by atoms with Crippen LogP contribution in [0, 0.1) is 23.7 Å². The van der Waals surface area contributed by atoms with Gasteiger partial charge in [0, 0.05) is 13.1 Å². The van der Waals surface area contributed by atoms with E-state index in [-0.39, 0.29) is 12.4 Å². The van der Waals surface area contributed by atoms with E-state index < -0.39 is 0 Å². The molecule has 3 heteroatoms. The van der Waals surface area contributed by atoms with E-state index in [9.17, 15) is 0 Å². The van der Waals surface area contributed by atoms with Crippen molar-refractivity contribution in [2.45, 2.75) is 38.1 Å². The number of rotatable bonds is 1. The summed E-state index contributed by atoms with van der Waals surface area (Å²) >= 11 is 0. The summed E-state index contributed by atoms with van der Waals surface area (Å²) in [6.45, 7) is 0. The molecule has 2 nitrogen and oxygen atoms in total. The Labute approximate surface area is 92.6 Å². The first-order valence-corrected chi connectivity index (χ1v) is 5.71. The number of hydrogen-bond acceptors (Lipinski definition) is 2. The Morgan fingerprint density at radius 2 is 1.36 bits per heavy atom. The minimum atomic E-state index is 0. The van der Waals surface area contributed by atoms with Crippen molar-refractivity contribution in [2.75, 3.05) is 7.05 Å². The van der Waals surface area contributed by atoms with Crippen LogP contribution in [0.4, 0.5) is 0 Å². The van der Waals surface area contributed by atoms with Gasteiger partial charge in [0.2, 0.25) is 0 Å². The molecule has 0 aliphatic heterocycles. The predicted molar refractivity (Wildman–Crippen MR) is 60.0 cm³/mol. The Balaban J connectivity index is 0.000000750.